The summed E-state index contributed by atoms with van der Waals surface area (Å²) in [6, 6.07) is 0. The fourth-order valence-corrected chi connectivity index (χ4v) is 1.41. The van der Waals surface area contributed by atoms with E-state index in [2.05, 4.69) is 40.7 Å². The number of allylic oxidation sites excluding steroid dienone is 4. The Hall–Kier alpha value is 0.393. The Morgan fingerprint density at radius 3 is 1.58 bits per heavy atom. The van der Waals surface area contributed by atoms with Crippen LogP contribution in [0, 0.1) is 11.5 Å². The predicted molar refractivity (Wildman–Crippen MR) is 51.8 cm³/mol. The second-order valence-corrected chi connectivity index (χ2v) is 3.62. The number of hydrogen-bond donors (Lipinski definition) is 0. The van der Waals surface area contributed by atoms with E-state index in [1.54, 1.807) is 0 Å². The van der Waals surface area contributed by atoms with Gasteiger partial charge in [0, 0.05) is 0 Å². The standard InChI is InChI=1S/C10H15.ClH.Ru/c1-7-6-10(4,5)9(3)8(7)2;;/h1-5H3;1H;/q-1;;+1. The molecule has 0 heterocycles. The SMILES string of the molecule is CC1=[C-]C(C)(C)C(C)=C1C.Cl.[Ru+]. The molecule has 0 atom stereocenters. The Morgan fingerprint density at radius 2 is 1.50 bits per heavy atom. The second-order valence-electron chi connectivity index (χ2n) is 3.62. The quantitative estimate of drug-likeness (QED) is 0.467. The minimum atomic E-state index is 0. The molecule has 0 saturated carbocycles. The van der Waals surface area contributed by atoms with Gasteiger partial charge in [-0.1, -0.05) is 33.1 Å². The fraction of sp³-hybridized carbons (Fsp3) is 0.600. The van der Waals surface area contributed by atoms with Gasteiger partial charge in [-0.3, -0.25) is 6.08 Å². The maximum Gasteiger partial charge on any atom is 1.00 e. The second kappa shape index (κ2) is 4.58. The summed E-state index contributed by atoms with van der Waals surface area (Å²) in [5, 5.41) is 0. The maximum atomic E-state index is 3.44. The summed E-state index contributed by atoms with van der Waals surface area (Å²) in [6.45, 7) is 10.9. The van der Waals surface area contributed by atoms with Crippen molar-refractivity contribution in [3.05, 3.63) is 22.8 Å². The third-order valence-corrected chi connectivity index (χ3v) is 2.56. The van der Waals surface area contributed by atoms with Crippen molar-refractivity contribution in [3.8, 4) is 0 Å². The molecule has 12 heavy (non-hydrogen) atoms. The van der Waals surface area contributed by atoms with Crippen LogP contribution >= 0.6 is 12.4 Å². The van der Waals surface area contributed by atoms with Crippen molar-refractivity contribution in [3.63, 3.8) is 0 Å². The van der Waals surface area contributed by atoms with E-state index in [1.165, 1.54) is 16.7 Å². The zero-order valence-electron chi connectivity index (χ0n) is 8.26. The molecule has 0 aliphatic heterocycles. The van der Waals surface area contributed by atoms with Crippen LogP contribution < -0.4 is 0 Å². The molecule has 0 N–H and O–H groups in total. The Kier molecular flexibility index (Phi) is 5.68. The third kappa shape index (κ3) is 2.44. The molecule has 0 aromatic carbocycles. The van der Waals surface area contributed by atoms with Gasteiger partial charge in [0.15, 0.2) is 0 Å². The van der Waals surface area contributed by atoms with Gasteiger partial charge in [0.2, 0.25) is 0 Å². The minimum absolute atomic E-state index is 0. The third-order valence-electron chi connectivity index (χ3n) is 2.56. The normalized spacial score (nSPS) is 19.6. The maximum absolute atomic E-state index is 3.44. The Bertz CT molecular complexity index is 224. The molecule has 71 valence electrons. The van der Waals surface area contributed by atoms with E-state index < -0.39 is 0 Å². The van der Waals surface area contributed by atoms with Gasteiger partial charge < -0.3 is 0 Å². The van der Waals surface area contributed by atoms with Gasteiger partial charge in [0.25, 0.3) is 0 Å². The minimum Gasteiger partial charge on any atom is -0.263 e. The molecule has 0 unspecified atom stereocenters. The van der Waals surface area contributed by atoms with Crippen LogP contribution in [0.1, 0.15) is 34.6 Å². The molecule has 0 amide bonds. The first-order chi connectivity index (χ1) is 4.45. The monoisotopic (exact) mass is 273 g/mol. The van der Waals surface area contributed by atoms with Gasteiger partial charge in [-0.25, -0.2) is 5.57 Å². The van der Waals surface area contributed by atoms with Gasteiger partial charge in [-0.05, 0) is 0 Å². The van der Waals surface area contributed by atoms with Crippen LogP contribution in [-0.2, 0) is 19.5 Å². The topological polar surface area (TPSA) is 0 Å². The van der Waals surface area contributed by atoms with Gasteiger partial charge in [-0.15, -0.1) is 19.3 Å². The van der Waals surface area contributed by atoms with Crippen molar-refractivity contribution >= 4 is 12.4 Å². The zero-order valence-corrected chi connectivity index (χ0v) is 10.8. The molecule has 1 aliphatic carbocycles. The molecule has 0 nitrogen and oxygen atoms in total. The van der Waals surface area contributed by atoms with Crippen LogP contribution in [0.3, 0.4) is 0 Å². The summed E-state index contributed by atoms with van der Waals surface area (Å²) in [7, 11) is 0. The molecule has 1 aliphatic rings. The van der Waals surface area contributed by atoms with Crippen molar-refractivity contribution < 1.29 is 19.5 Å². The van der Waals surface area contributed by atoms with Crippen molar-refractivity contribution in [1.82, 2.24) is 0 Å². The summed E-state index contributed by atoms with van der Waals surface area (Å²) in [6.07, 6.45) is 3.44. The van der Waals surface area contributed by atoms with Crippen LogP contribution in [-0.4, -0.2) is 0 Å². The molecular weight excluding hydrogens is 257 g/mol. The van der Waals surface area contributed by atoms with Crippen molar-refractivity contribution in [2.45, 2.75) is 34.6 Å². The van der Waals surface area contributed by atoms with E-state index >= 15 is 0 Å². The summed E-state index contributed by atoms with van der Waals surface area (Å²) < 4.78 is 0. The van der Waals surface area contributed by atoms with Gasteiger partial charge >= 0.3 is 19.5 Å². The average Bonchev–Trinajstić information content (AvgIpc) is 1.95. The van der Waals surface area contributed by atoms with E-state index in [1.807, 2.05) is 0 Å². The van der Waals surface area contributed by atoms with E-state index in [-0.39, 0.29) is 37.3 Å². The molecule has 0 bridgehead atoms. The summed E-state index contributed by atoms with van der Waals surface area (Å²) in [4.78, 5) is 0. The molecule has 1 rings (SSSR count). The van der Waals surface area contributed by atoms with E-state index in [4.69, 9.17) is 0 Å². The fourth-order valence-electron chi connectivity index (χ4n) is 1.41. The van der Waals surface area contributed by atoms with E-state index in [9.17, 15) is 0 Å². The molecule has 0 spiro atoms. The Balaban J connectivity index is 0. The Labute approximate surface area is 94.7 Å². The molecule has 2 heteroatoms. The predicted octanol–water partition coefficient (Wildman–Crippen LogP) is 3.53. The number of rotatable bonds is 0. The Morgan fingerprint density at radius 1 is 1.08 bits per heavy atom. The number of hydrogen-bond acceptors (Lipinski definition) is 0. The zero-order chi connectivity index (χ0) is 7.94. The molecule has 1 radical (unpaired) electrons. The van der Waals surface area contributed by atoms with E-state index in [0.29, 0.717) is 0 Å². The first-order valence-corrected chi connectivity index (χ1v) is 3.75. The van der Waals surface area contributed by atoms with Gasteiger partial charge in [-0.2, -0.15) is 11.1 Å². The van der Waals surface area contributed by atoms with Gasteiger partial charge in [0.05, 0.1) is 0 Å². The summed E-state index contributed by atoms with van der Waals surface area (Å²) >= 11 is 0. The van der Waals surface area contributed by atoms with Crippen LogP contribution in [0.2, 0.25) is 0 Å². The summed E-state index contributed by atoms with van der Waals surface area (Å²) in [5.41, 5.74) is 4.39. The van der Waals surface area contributed by atoms with E-state index in [0.717, 1.165) is 0 Å². The largest absolute Gasteiger partial charge is 1.00 e. The molecule has 0 saturated heterocycles. The summed E-state index contributed by atoms with van der Waals surface area (Å²) in [5.74, 6) is 0. The van der Waals surface area contributed by atoms with Gasteiger partial charge in [0.1, 0.15) is 0 Å². The molecular formula is C10H16ClRu. The van der Waals surface area contributed by atoms with Crippen LogP contribution in [0.5, 0.6) is 0 Å². The van der Waals surface area contributed by atoms with Crippen LogP contribution in [0.15, 0.2) is 16.7 Å². The van der Waals surface area contributed by atoms with Crippen molar-refractivity contribution in [1.29, 1.82) is 0 Å². The molecule has 0 aromatic heterocycles. The van der Waals surface area contributed by atoms with Crippen molar-refractivity contribution in [2.24, 2.45) is 5.41 Å². The van der Waals surface area contributed by atoms with Crippen LogP contribution in [0.25, 0.3) is 0 Å². The first-order valence-electron chi connectivity index (χ1n) is 3.75. The number of halogens is 1. The first kappa shape index (κ1) is 14.9. The van der Waals surface area contributed by atoms with Crippen LogP contribution in [0.4, 0.5) is 0 Å². The van der Waals surface area contributed by atoms with Crippen molar-refractivity contribution in [2.75, 3.05) is 0 Å². The average molecular weight is 273 g/mol. The smallest absolute Gasteiger partial charge is 0.263 e. The molecule has 0 aromatic rings. The molecule has 0 fully saturated rings.